The molecule has 1 unspecified atom stereocenters. The van der Waals surface area contributed by atoms with Gasteiger partial charge in [-0.1, -0.05) is 0 Å². The average molecular weight is 185 g/mol. The quantitative estimate of drug-likeness (QED) is 0.702. The SMILES string of the molecule is S=c1[nH]ncn1CC1CCCO1. The van der Waals surface area contributed by atoms with Crippen LogP contribution in [0.1, 0.15) is 12.8 Å². The molecule has 1 aliphatic heterocycles. The Bertz CT molecular complexity index is 300. The second kappa shape index (κ2) is 3.37. The molecule has 0 saturated carbocycles. The Morgan fingerprint density at radius 1 is 1.83 bits per heavy atom. The first-order valence-corrected chi connectivity index (χ1v) is 4.48. The van der Waals surface area contributed by atoms with Gasteiger partial charge in [-0.2, -0.15) is 5.10 Å². The zero-order valence-corrected chi connectivity index (χ0v) is 7.51. The lowest BCUT2D eigenvalue weighted by molar-refractivity contribution is 0.0966. The van der Waals surface area contributed by atoms with E-state index in [1.165, 1.54) is 0 Å². The van der Waals surface area contributed by atoms with Crippen molar-refractivity contribution in [3.63, 3.8) is 0 Å². The maximum atomic E-state index is 5.47. The largest absolute Gasteiger partial charge is 0.376 e. The van der Waals surface area contributed by atoms with E-state index in [0.29, 0.717) is 10.9 Å². The van der Waals surface area contributed by atoms with Crippen LogP contribution in [0.4, 0.5) is 0 Å². The minimum atomic E-state index is 0.328. The maximum Gasteiger partial charge on any atom is 0.195 e. The van der Waals surface area contributed by atoms with Crippen LogP contribution in [-0.2, 0) is 11.3 Å². The van der Waals surface area contributed by atoms with Crippen LogP contribution in [0.5, 0.6) is 0 Å². The number of aromatic amines is 1. The van der Waals surface area contributed by atoms with Gasteiger partial charge < -0.3 is 9.30 Å². The first kappa shape index (κ1) is 7.94. The molecule has 1 aromatic rings. The summed E-state index contributed by atoms with van der Waals surface area (Å²) >= 11 is 5.01. The number of nitrogens with zero attached hydrogens (tertiary/aromatic N) is 2. The molecular weight excluding hydrogens is 174 g/mol. The summed E-state index contributed by atoms with van der Waals surface area (Å²) < 4.78 is 8.05. The van der Waals surface area contributed by atoms with Crippen LogP contribution in [0, 0.1) is 4.77 Å². The number of nitrogens with one attached hydrogen (secondary N) is 1. The number of H-pyrrole nitrogens is 1. The lowest BCUT2D eigenvalue weighted by Crippen LogP contribution is -2.14. The second-order valence-electron chi connectivity index (χ2n) is 2.95. The van der Waals surface area contributed by atoms with E-state index in [-0.39, 0.29) is 0 Å². The lowest BCUT2D eigenvalue weighted by atomic mass is 10.2. The zero-order valence-electron chi connectivity index (χ0n) is 6.69. The Labute approximate surface area is 75.5 Å². The minimum Gasteiger partial charge on any atom is -0.376 e. The van der Waals surface area contributed by atoms with Crippen molar-refractivity contribution in [3.8, 4) is 0 Å². The molecule has 1 fully saturated rings. The molecule has 66 valence electrons. The van der Waals surface area contributed by atoms with Gasteiger partial charge in [0.1, 0.15) is 6.33 Å². The number of rotatable bonds is 2. The highest BCUT2D eigenvalue weighted by Crippen LogP contribution is 2.13. The zero-order chi connectivity index (χ0) is 8.39. The molecule has 0 amide bonds. The molecule has 0 radical (unpaired) electrons. The van der Waals surface area contributed by atoms with Crippen molar-refractivity contribution in [2.24, 2.45) is 0 Å². The highest BCUT2D eigenvalue weighted by molar-refractivity contribution is 7.71. The van der Waals surface area contributed by atoms with Gasteiger partial charge in [-0.3, -0.25) is 5.10 Å². The van der Waals surface area contributed by atoms with Crippen LogP contribution in [-0.4, -0.2) is 27.5 Å². The van der Waals surface area contributed by atoms with Gasteiger partial charge in [0.25, 0.3) is 0 Å². The standard InChI is InChI=1S/C7H11N3OS/c12-7-9-8-5-10(7)4-6-2-1-3-11-6/h5-6H,1-4H2,(H,9,12). The third kappa shape index (κ3) is 1.56. The van der Waals surface area contributed by atoms with E-state index in [4.69, 9.17) is 17.0 Å². The van der Waals surface area contributed by atoms with E-state index in [0.717, 1.165) is 26.0 Å². The summed E-state index contributed by atoms with van der Waals surface area (Å²) in [7, 11) is 0. The van der Waals surface area contributed by atoms with Crippen LogP contribution in [0.2, 0.25) is 0 Å². The van der Waals surface area contributed by atoms with E-state index in [9.17, 15) is 0 Å². The monoisotopic (exact) mass is 185 g/mol. The fraction of sp³-hybridized carbons (Fsp3) is 0.714. The molecule has 0 spiro atoms. The normalized spacial score (nSPS) is 23.2. The number of aromatic nitrogens is 3. The van der Waals surface area contributed by atoms with Crippen LogP contribution in [0.15, 0.2) is 6.33 Å². The molecule has 0 aliphatic carbocycles. The molecule has 5 heteroatoms. The molecule has 1 aliphatic rings. The molecule has 0 aromatic carbocycles. The summed E-state index contributed by atoms with van der Waals surface area (Å²) in [6.07, 6.45) is 4.33. The maximum absolute atomic E-state index is 5.47. The van der Waals surface area contributed by atoms with Crippen molar-refractivity contribution in [1.82, 2.24) is 14.8 Å². The first-order chi connectivity index (χ1) is 5.86. The summed E-state index contributed by atoms with van der Waals surface area (Å²) in [5, 5.41) is 6.56. The summed E-state index contributed by atoms with van der Waals surface area (Å²) in [6, 6.07) is 0. The van der Waals surface area contributed by atoms with E-state index in [2.05, 4.69) is 10.2 Å². The minimum absolute atomic E-state index is 0.328. The van der Waals surface area contributed by atoms with E-state index >= 15 is 0 Å². The first-order valence-electron chi connectivity index (χ1n) is 4.07. The number of hydrogen-bond donors (Lipinski definition) is 1. The van der Waals surface area contributed by atoms with E-state index in [1.807, 2.05) is 4.57 Å². The highest BCUT2D eigenvalue weighted by Gasteiger charge is 2.15. The summed E-state index contributed by atoms with van der Waals surface area (Å²) in [5.74, 6) is 0. The van der Waals surface area contributed by atoms with Crippen LogP contribution < -0.4 is 0 Å². The topological polar surface area (TPSA) is 42.8 Å². The Morgan fingerprint density at radius 2 is 2.75 bits per heavy atom. The predicted octanol–water partition coefficient (Wildman–Crippen LogP) is 1.12. The van der Waals surface area contributed by atoms with E-state index < -0.39 is 0 Å². The number of hydrogen-bond acceptors (Lipinski definition) is 3. The van der Waals surface area contributed by atoms with Gasteiger partial charge in [-0.05, 0) is 25.1 Å². The Hall–Kier alpha value is -0.680. The molecule has 1 aromatic heterocycles. The molecule has 12 heavy (non-hydrogen) atoms. The molecule has 1 N–H and O–H groups in total. The fourth-order valence-corrected chi connectivity index (χ4v) is 1.58. The van der Waals surface area contributed by atoms with Gasteiger partial charge in [0.15, 0.2) is 4.77 Å². The van der Waals surface area contributed by atoms with Crippen molar-refractivity contribution >= 4 is 12.2 Å². The lowest BCUT2D eigenvalue weighted by Gasteiger charge is -2.08. The van der Waals surface area contributed by atoms with Gasteiger partial charge in [-0.25, -0.2) is 0 Å². The van der Waals surface area contributed by atoms with E-state index in [1.54, 1.807) is 6.33 Å². The molecular formula is C7H11N3OS. The number of ether oxygens (including phenoxy) is 1. The van der Waals surface area contributed by atoms with Crippen molar-refractivity contribution in [2.45, 2.75) is 25.5 Å². The van der Waals surface area contributed by atoms with Crippen molar-refractivity contribution in [2.75, 3.05) is 6.61 Å². The molecule has 1 saturated heterocycles. The van der Waals surface area contributed by atoms with Gasteiger partial charge in [0, 0.05) is 6.61 Å². The van der Waals surface area contributed by atoms with Gasteiger partial charge >= 0.3 is 0 Å². The fourth-order valence-electron chi connectivity index (χ4n) is 1.41. The van der Waals surface area contributed by atoms with Crippen molar-refractivity contribution in [1.29, 1.82) is 0 Å². The predicted molar refractivity (Wildman–Crippen MR) is 46.4 cm³/mol. The van der Waals surface area contributed by atoms with Crippen molar-refractivity contribution in [3.05, 3.63) is 11.1 Å². The van der Waals surface area contributed by atoms with Crippen LogP contribution in [0.25, 0.3) is 0 Å². The molecule has 2 rings (SSSR count). The Balaban J connectivity index is 2.03. The molecule has 4 nitrogen and oxygen atoms in total. The third-order valence-corrected chi connectivity index (χ3v) is 2.37. The average Bonchev–Trinajstić information content (AvgIpc) is 2.65. The Morgan fingerprint density at radius 3 is 3.33 bits per heavy atom. The Kier molecular flexibility index (Phi) is 2.23. The highest BCUT2D eigenvalue weighted by atomic mass is 32.1. The molecule has 0 bridgehead atoms. The second-order valence-corrected chi connectivity index (χ2v) is 3.34. The van der Waals surface area contributed by atoms with Crippen molar-refractivity contribution < 1.29 is 4.74 Å². The molecule has 2 heterocycles. The van der Waals surface area contributed by atoms with Gasteiger partial charge in [-0.15, -0.1) is 0 Å². The van der Waals surface area contributed by atoms with Gasteiger partial charge in [0.05, 0.1) is 12.6 Å². The smallest absolute Gasteiger partial charge is 0.195 e. The summed E-state index contributed by atoms with van der Waals surface area (Å²) in [5.41, 5.74) is 0. The summed E-state index contributed by atoms with van der Waals surface area (Å²) in [4.78, 5) is 0. The summed E-state index contributed by atoms with van der Waals surface area (Å²) in [6.45, 7) is 1.71. The third-order valence-electron chi connectivity index (χ3n) is 2.04. The molecule has 1 atom stereocenters. The van der Waals surface area contributed by atoms with Crippen LogP contribution in [0.3, 0.4) is 0 Å². The van der Waals surface area contributed by atoms with Crippen LogP contribution >= 0.6 is 12.2 Å². The van der Waals surface area contributed by atoms with Gasteiger partial charge in [0.2, 0.25) is 0 Å².